The lowest BCUT2D eigenvalue weighted by Crippen LogP contribution is -2.28. The lowest BCUT2D eigenvalue weighted by molar-refractivity contribution is 0.0514. The number of hydrogen-bond donors (Lipinski definition) is 2. The van der Waals surface area contributed by atoms with Crippen LogP contribution in [0.25, 0.3) is 22.4 Å². The normalized spacial score (nSPS) is 11.3. The maximum atomic E-state index is 12.1. The van der Waals surface area contributed by atoms with Gasteiger partial charge < -0.3 is 15.4 Å². The fourth-order valence-corrected chi connectivity index (χ4v) is 2.54. The molecule has 0 saturated carbocycles. The minimum Gasteiger partial charge on any atom is -0.442 e. The number of ether oxygens (including phenoxy) is 1. The summed E-state index contributed by atoms with van der Waals surface area (Å²) in [5, 5.41) is 10.5. The quantitative estimate of drug-likeness (QED) is 0.643. The van der Waals surface area contributed by atoms with Crippen LogP contribution in [0.3, 0.4) is 0 Å². The molecule has 0 saturated heterocycles. The molecule has 0 amide bonds. The molecule has 2 N–H and O–H groups in total. The molecule has 0 fully saturated rings. The van der Waals surface area contributed by atoms with Crippen LogP contribution in [0.15, 0.2) is 30.7 Å². The molecule has 0 aliphatic rings. The topological polar surface area (TPSA) is 107 Å². The number of aromatic nitrogens is 5. The summed E-state index contributed by atoms with van der Waals surface area (Å²) >= 11 is 5.17. The molecule has 3 rings (SSSR count). The van der Waals surface area contributed by atoms with Gasteiger partial charge in [-0.1, -0.05) is 0 Å². The van der Waals surface area contributed by atoms with Gasteiger partial charge in [0, 0.05) is 18.3 Å². The third-order valence-electron chi connectivity index (χ3n) is 3.44. The van der Waals surface area contributed by atoms with Crippen molar-refractivity contribution in [3.8, 4) is 11.3 Å². The summed E-state index contributed by atoms with van der Waals surface area (Å²) in [7, 11) is 0. The minimum absolute atomic E-state index is 0.451. The number of fused-ring (bicyclic) bond motifs is 1. The Labute approximate surface area is 167 Å². The van der Waals surface area contributed by atoms with Gasteiger partial charge in [-0.2, -0.15) is 9.78 Å². The van der Waals surface area contributed by atoms with Gasteiger partial charge in [-0.15, -0.1) is 0 Å². The van der Waals surface area contributed by atoms with Crippen molar-refractivity contribution in [2.75, 3.05) is 11.9 Å². The highest BCUT2D eigenvalue weighted by atomic mass is 32.1. The van der Waals surface area contributed by atoms with Gasteiger partial charge >= 0.3 is 6.09 Å². The predicted octanol–water partition coefficient (Wildman–Crippen LogP) is 2.98. The fourth-order valence-electron chi connectivity index (χ4n) is 2.29. The average molecular weight is 399 g/mol. The van der Waals surface area contributed by atoms with Gasteiger partial charge in [0.25, 0.3) is 0 Å². The molecule has 0 spiro atoms. The van der Waals surface area contributed by atoms with E-state index in [4.69, 9.17) is 17.0 Å². The standard InChI is InChI=1S/C18H21N7O2S/c1-5-19-16(28)24-14-7-6-12-15(23-14)22-13(9-20-12)11-8-21-25(10-11)17(26)27-18(2,3)4/h6-10H,5H2,1-4H3,(H2,19,22,23,24,28). The van der Waals surface area contributed by atoms with Crippen LogP contribution in [0.4, 0.5) is 10.6 Å². The molecule has 0 bridgehead atoms. The Kier molecular flexibility index (Phi) is 5.50. The molecular weight excluding hydrogens is 378 g/mol. The Bertz CT molecular complexity index is 1030. The molecule has 3 heterocycles. The van der Waals surface area contributed by atoms with Gasteiger partial charge in [-0.3, -0.25) is 4.98 Å². The second-order valence-electron chi connectivity index (χ2n) is 6.93. The molecule has 9 nitrogen and oxygen atoms in total. The van der Waals surface area contributed by atoms with Gasteiger partial charge in [0.15, 0.2) is 10.8 Å². The Morgan fingerprint density at radius 1 is 1.25 bits per heavy atom. The predicted molar refractivity (Wildman–Crippen MR) is 110 cm³/mol. The zero-order chi connectivity index (χ0) is 20.3. The minimum atomic E-state index is -0.605. The maximum Gasteiger partial charge on any atom is 0.435 e. The van der Waals surface area contributed by atoms with Crippen molar-refractivity contribution in [2.45, 2.75) is 33.3 Å². The number of nitrogens with zero attached hydrogens (tertiary/aromatic N) is 5. The summed E-state index contributed by atoms with van der Waals surface area (Å²) in [6, 6.07) is 3.58. The van der Waals surface area contributed by atoms with E-state index in [1.807, 2.05) is 6.92 Å². The Balaban J connectivity index is 1.85. The zero-order valence-electron chi connectivity index (χ0n) is 16.1. The van der Waals surface area contributed by atoms with Crippen LogP contribution in [0, 0.1) is 0 Å². The number of anilines is 1. The molecular formula is C18H21N7O2S. The summed E-state index contributed by atoms with van der Waals surface area (Å²) in [6.07, 6.45) is 4.12. The number of thiocarbonyl (C=S) groups is 1. The van der Waals surface area contributed by atoms with Gasteiger partial charge in [-0.25, -0.2) is 14.8 Å². The van der Waals surface area contributed by atoms with Crippen molar-refractivity contribution in [2.24, 2.45) is 0 Å². The highest BCUT2D eigenvalue weighted by Crippen LogP contribution is 2.19. The van der Waals surface area contributed by atoms with Crippen molar-refractivity contribution in [3.63, 3.8) is 0 Å². The van der Waals surface area contributed by atoms with Crippen LogP contribution in [-0.2, 0) is 4.74 Å². The van der Waals surface area contributed by atoms with Gasteiger partial charge in [0.05, 0.1) is 18.1 Å². The lowest BCUT2D eigenvalue weighted by atomic mass is 10.2. The van der Waals surface area contributed by atoms with E-state index in [2.05, 4.69) is 30.7 Å². The number of rotatable bonds is 3. The van der Waals surface area contributed by atoms with Crippen LogP contribution in [0.2, 0.25) is 0 Å². The Morgan fingerprint density at radius 2 is 2.04 bits per heavy atom. The lowest BCUT2D eigenvalue weighted by Gasteiger charge is -2.18. The summed E-state index contributed by atoms with van der Waals surface area (Å²) in [5.74, 6) is 0.564. The van der Waals surface area contributed by atoms with Crippen LogP contribution < -0.4 is 10.6 Å². The first-order valence-corrected chi connectivity index (χ1v) is 9.13. The summed E-state index contributed by atoms with van der Waals surface area (Å²) < 4.78 is 6.43. The monoisotopic (exact) mass is 399 g/mol. The Morgan fingerprint density at radius 3 is 2.75 bits per heavy atom. The SMILES string of the molecule is CCNC(=S)Nc1ccc2ncc(-c3cnn(C(=O)OC(C)(C)C)c3)nc2n1. The highest BCUT2D eigenvalue weighted by Gasteiger charge is 2.19. The van der Waals surface area contributed by atoms with Crippen molar-refractivity contribution in [1.29, 1.82) is 0 Å². The summed E-state index contributed by atoms with van der Waals surface area (Å²) in [5.41, 5.74) is 1.66. The third kappa shape index (κ3) is 4.77. The number of carbonyl (C=O) groups is 1. The first-order chi connectivity index (χ1) is 13.2. The molecule has 0 aliphatic heterocycles. The second kappa shape index (κ2) is 7.85. The molecule has 3 aromatic rings. The van der Waals surface area contributed by atoms with Gasteiger partial charge in [0.1, 0.15) is 16.9 Å². The Hall–Kier alpha value is -3.14. The molecule has 10 heteroatoms. The van der Waals surface area contributed by atoms with Crippen molar-refractivity contribution < 1.29 is 9.53 Å². The molecule has 0 aliphatic carbocycles. The summed E-state index contributed by atoms with van der Waals surface area (Å²) in [6.45, 7) is 8.05. The second-order valence-corrected chi connectivity index (χ2v) is 7.34. The largest absolute Gasteiger partial charge is 0.442 e. The van der Waals surface area contributed by atoms with E-state index < -0.39 is 11.7 Å². The molecule has 3 aromatic heterocycles. The average Bonchev–Trinajstić information content (AvgIpc) is 3.10. The van der Waals surface area contributed by atoms with Gasteiger partial charge in [0.2, 0.25) is 0 Å². The van der Waals surface area contributed by atoms with E-state index in [9.17, 15) is 4.79 Å². The van der Waals surface area contributed by atoms with E-state index >= 15 is 0 Å². The van der Waals surface area contributed by atoms with Crippen LogP contribution in [0.5, 0.6) is 0 Å². The number of hydrogen-bond acceptors (Lipinski definition) is 7. The molecule has 0 aromatic carbocycles. The number of pyridine rings is 1. The molecule has 0 unspecified atom stereocenters. The first kappa shape index (κ1) is 19.6. The smallest absolute Gasteiger partial charge is 0.435 e. The van der Waals surface area contributed by atoms with Crippen molar-refractivity contribution in [3.05, 3.63) is 30.7 Å². The summed E-state index contributed by atoms with van der Waals surface area (Å²) in [4.78, 5) is 25.5. The van der Waals surface area contributed by atoms with E-state index in [0.717, 1.165) is 4.68 Å². The molecule has 28 heavy (non-hydrogen) atoms. The van der Waals surface area contributed by atoms with Crippen LogP contribution in [0.1, 0.15) is 27.7 Å². The highest BCUT2D eigenvalue weighted by molar-refractivity contribution is 7.80. The van der Waals surface area contributed by atoms with Crippen molar-refractivity contribution >= 4 is 40.4 Å². The molecule has 146 valence electrons. The van der Waals surface area contributed by atoms with E-state index in [1.54, 1.807) is 45.3 Å². The number of carbonyl (C=O) groups excluding carboxylic acids is 1. The van der Waals surface area contributed by atoms with E-state index in [0.29, 0.717) is 39.9 Å². The van der Waals surface area contributed by atoms with E-state index in [1.165, 1.54) is 6.20 Å². The van der Waals surface area contributed by atoms with Gasteiger partial charge in [-0.05, 0) is 52.0 Å². The zero-order valence-corrected chi connectivity index (χ0v) is 16.9. The molecule has 0 atom stereocenters. The van der Waals surface area contributed by atoms with E-state index in [-0.39, 0.29) is 0 Å². The number of nitrogens with one attached hydrogen (secondary N) is 2. The van der Waals surface area contributed by atoms with Crippen LogP contribution in [-0.4, -0.2) is 48.1 Å². The first-order valence-electron chi connectivity index (χ1n) is 8.72. The fraction of sp³-hybridized carbons (Fsp3) is 0.333. The van der Waals surface area contributed by atoms with Crippen LogP contribution >= 0.6 is 12.2 Å². The third-order valence-corrected chi connectivity index (χ3v) is 3.69. The molecule has 0 radical (unpaired) electrons. The van der Waals surface area contributed by atoms with Crippen molar-refractivity contribution in [1.82, 2.24) is 30.0 Å². The maximum absolute atomic E-state index is 12.1.